The van der Waals surface area contributed by atoms with Crippen molar-refractivity contribution in [2.24, 2.45) is 0 Å². The van der Waals surface area contributed by atoms with Gasteiger partial charge in [-0.2, -0.15) is 0 Å². The smallest absolute Gasteiger partial charge is 0.315 e. The summed E-state index contributed by atoms with van der Waals surface area (Å²) in [4.78, 5) is 20.4. The molecule has 0 aliphatic carbocycles. The van der Waals surface area contributed by atoms with Crippen molar-refractivity contribution in [2.45, 2.75) is 13.1 Å². The van der Waals surface area contributed by atoms with E-state index in [0.717, 1.165) is 28.1 Å². The lowest BCUT2D eigenvalue weighted by molar-refractivity contribution is 0.174. The van der Waals surface area contributed by atoms with Crippen molar-refractivity contribution < 1.29 is 14.3 Å². The number of fused-ring (bicyclic) bond motifs is 1. The van der Waals surface area contributed by atoms with Gasteiger partial charge in [-0.05, 0) is 47.5 Å². The SMILES string of the molecule is O=C(NCc1ccnc(-c2ccncc2)c1)NCc1ccc2c(c1)OCO2. The molecule has 3 aromatic rings. The van der Waals surface area contributed by atoms with Crippen molar-refractivity contribution in [3.05, 3.63) is 72.2 Å². The molecule has 0 fully saturated rings. The van der Waals surface area contributed by atoms with Gasteiger partial charge in [0.1, 0.15) is 0 Å². The number of urea groups is 1. The molecule has 7 heteroatoms. The van der Waals surface area contributed by atoms with Crippen molar-refractivity contribution in [3.63, 3.8) is 0 Å². The number of hydrogen-bond donors (Lipinski definition) is 2. The summed E-state index contributed by atoms with van der Waals surface area (Å²) in [5.41, 5.74) is 3.74. The van der Waals surface area contributed by atoms with Crippen molar-refractivity contribution in [3.8, 4) is 22.8 Å². The van der Waals surface area contributed by atoms with E-state index in [-0.39, 0.29) is 12.8 Å². The maximum Gasteiger partial charge on any atom is 0.315 e. The first-order valence-corrected chi connectivity index (χ1v) is 8.53. The minimum Gasteiger partial charge on any atom is -0.454 e. The Morgan fingerprint density at radius 1 is 0.889 bits per heavy atom. The summed E-state index contributed by atoms with van der Waals surface area (Å²) in [6.07, 6.45) is 5.19. The van der Waals surface area contributed by atoms with Crippen LogP contribution in [0.5, 0.6) is 11.5 Å². The maximum absolute atomic E-state index is 12.1. The molecule has 136 valence electrons. The third kappa shape index (κ3) is 4.14. The monoisotopic (exact) mass is 362 g/mol. The number of nitrogens with one attached hydrogen (secondary N) is 2. The highest BCUT2D eigenvalue weighted by Gasteiger charge is 2.13. The second-order valence-electron chi connectivity index (χ2n) is 6.01. The zero-order valence-electron chi connectivity index (χ0n) is 14.5. The molecule has 1 aliphatic heterocycles. The summed E-state index contributed by atoms with van der Waals surface area (Å²) in [5, 5.41) is 5.69. The van der Waals surface area contributed by atoms with E-state index in [1.165, 1.54) is 0 Å². The summed E-state index contributed by atoms with van der Waals surface area (Å²) in [6, 6.07) is 13.0. The van der Waals surface area contributed by atoms with Gasteiger partial charge in [0.15, 0.2) is 11.5 Å². The number of aromatic nitrogens is 2. The van der Waals surface area contributed by atoms with Crippen LogP contribution in [0.1, 0.15) is 11.1 Å². The topological polar surface area (TPSA) is 85.4 Å². The Bertz CT molecular complexity index is 947. The van der Waals surface area contributed by atoms with Crippen molar-refractivity contribution in [1.82, 2.24) is 20.6 Å². The Kier molecular flexibility index (Phi) is 4.82. The molecule has 2 amide bonds. The summed E-state index contributed by atoms with van der Waals surface area (Å²) >= 11 is 0. The van der Waals surface area contributed by atoms with Crippen LogP contribution in [-0.4, -0.2) is 22.8 Å². The van der Waals surface area contributed by atoms with Gasteiger partial charge in [0.25, 0.3) is 0 Å². The van der Waals surface area contributed by atoms with Crippen LogP contribution in [0.2, 0.25) is 0 Å². The summed E-state index contributed by atoms with van der Waals surface area (Å²) in [6.45, 7) is 1.05. The molecule has 4 rings (SSSR count). The third-order valence-electron chi connectivity index (χ3n) is 4.14. The summed E-state index contributed by atoms with van der Waals surface area (Å²) in [5.74, 6) is 1.43. The first-order chi connectivity index (χ1) is 13.3. The molecule has 0 atom stereocenters. The first-order valence-electron chi connectivity index (χ1n) is 8.53. The van der Waals surface area contributed by atoms with Crippen LogP contribution in [0.25, 0.3) is 11.3 Å². The van der Waals surface area contributed by atoms with Gasteiger partial charge in [0.05, 0.1) is 5.69 Å². The molecule has 27 heavy (non-hydrogen) atoms. The van der Waals surface area contributed by atoms with Gasteiger partial charge in [-0.3, -0.25) is 9.97 Å². The Morgan fingerprint density at radius 2 is 1.63 bits per heavy atom. The van der Waals surface area contributed by atoms with E-state index in [1.54, 1.807) is 18.6 Å². The van der Waals surface area contributed by atoms with Crippen LogP contribution < -0.4 is 20.1 Å². The maximum atomic E-state index is 12.1. The quantitative estimate of drug-likeness (QED) is 0.729. The summed E-state index contributed by atoms with van der Waals surface area (Å²) < 4.78 is 10.6. The van der Waals surface area contributed by atoms with Gasteiger partial charge in [-0.1, -0.05) is 6.07 Å². The van der Waals surface area contributed by atoms with Crippen LogP contribution in [0.3, 0.4) is 0 Å². The minimum atomic E-state index is -0.241. The zero-order chi connectivity index (χ0) is 18.5. The second-order valence-corrected chi connectivity index (χ2v) is 6.01. The number of carbonyl (C=O) groups is 1. The summed E-state index contributed by atoms with van der Waals surface area (Å²) in [7, 11) is 0. The van der Waals surface area contributed by atoms with Crippen LogP contribution in [0.4, 0.5) is 4.79 Å². The van der Waals surface area contributed by atoms with Crippen LogP contribution in [-0.2, 0) is 13.1 Å². The second kappa shape index (κ2) is 7.74. The molecular weight excluding hydrogens is 344 g/mol. The first kappa shape index (κ1) is 16.8. The van der Waals surface area contributed by atoms with Crippen LogP contribution in [0, 0.1) is 0 Å². The number of hydrogen-bond acceptors (Lipinski definition) is 5. The van der Waals surface area contributed by atoms with Gasteiger partial charge >= 0.3 is 6.03 Å². The van der Waals surface area contributed by atoms with E-state index in [1.807, 2.05) is 42.5 Å². The number of amides is 2. The minimum absolute atomic E-state index is 0.236. The fraction of sp³-hybridized carbons (Fsp3) is 0.150. The highest BCUT2D eigenvalue weighted by atomic mass is 16.7. The molecule has 2 N–H and O–H groups in total. The van der Waals surface area contributed by atoms with E-state index in [4.69, 9.17) is 9.47 Å². The molecule has 0 radical (unpaired) electrons. The number of carbonyl (C=O) groups excluding carboxylic acids is 1. The molecule has 2 aromatic heterocycles. The molecule has 0 saturated heterocycles. The third-order valence-corrected chi connectivity index (χ3v) is 4.14. The van der Waals surface area contributed by atoms with Gasteiger partial charge in [-0.15, -0.1) is 0 Å². The van der Waals surface area contributed by atoms with Crippen molar-refractivity contribution in [2.75, 3.05) is 6.79 Å². The molecule has 0 spiro atoms. The Labute approximate surface area is 156 Å². The fourth-order valence-electron chi connectivity index (χ4n) is 2.74. The normalized spacial score (nSPS) is 11.9. The molecule has 0 saturated carbocycles. The fourth-order valence-corrected chi connectivity index (χ4v) is 2.74. The average Bonchev–Trinajstić information content (AvgIpc) is 3.19. The van der Waals surface area contributed by atoms with Crippen molar-refractivity contribution >= 4 is 6.03 Å². The number of rotatable bonds is 5. The molecule has 3 heterocycles. The largest absolute Gasteiger partial charge is 0.454 e. The van der Waals surface area contributed by atoms with E-state index >= 15 is 0 Å². The van der Waals surface area contributed by atoms with Gasteiger partial charge in [0, 0.05) is 37.2 Å². The van der Waals surface area contributed by atoms with Gasteiger partial charge in [-0.25, -0.2) is 4.79 Å². The van der Waals surface area contributed by atoms with E-state index < -0.39 is 0 Å². The number of benzene rings is 1. The highest BCUT2D eigenvalue weighted by Crippen LogP contribution is 2.32. The van der Waals surface area contributed by atoms with Gasteiger partial charge in [0.2, 0.25) is 6.79 Å². The lowest BCUT2D eigenvalue weighted by Crippen LogP contribution is -2.34. The van der Waals surface area contributed by atoms with Crippen LogP contribution >= 0.6 is 0 Å². The van der Waals surface area contributed by atoms with Gasteiger partial charge < -0.3 is 20.1 Å². The highest BCUT2D eigenvalue weighted by molar-refractivity contribution is 5.74. The standard InChI is InChI=1S/C20H18N4O3/c25-20(23-11-14-1-2-18-19(10-14)27-13-26-18)24-12-15-3-8-22-17(9-15)16-4-6-21-7-5-16/h1-10H,11-13H2,(H2,23,24,25). The van der Waals surface area contributed by atoms with E-state index in [9.17, 15) is 4.79 Å². The predicted octanol–water partition coefficient (Wildman–Crippen LogP) is 2.87. The number of pyridine rings is 2. The molecule has 1 aliphatic rings. The Balaban J connectivity index is 1.30. The lowest BCUT2D eigenvalue weighted by atomic mass is 10.1. The van der Waals surface area contributed by atoms with Crippen LogP contribution in [0.15, 0.2) is 61.1 Å². The van der Waals surface area contributed by atoms with E-state index in [2.05, 4.69) is 20.6 Å². The molecule has 1 aromatic carbocycles. The lowest BCUT2D eigenvalue weighted by Gasteiger charge is -2.09. The predicted molar refractivity (Wildman–Crippen MR) is 99.1 cm³/mol. The Morgan fingerprint density at radius 3 is 2.44 bits per heavy atom. The zero-order valence-corrected chi connectivity index (χ0v) is 14.5. The molecular formula is C20H18N4O3. The Hall–Kier alpha value is -3.61. The molecule has 0 bridgehead atoms. The van der Waals surface area contributed by atoms with E-state index in [0.29, 0.717) is 18.8 Å². The number of nitrogens with zero attached hydrogens (tertiary/aromatic N) is 2. The average molecular weight is 362 g/mol. The van der Waals surface area contributed by atoms with Crippen molar-refractivity contribution in [1.29, 1.82) is 0 Å². The molecule has 0 unspecified atom stereocenters. The number of ether oxygens (including phenoxy) is 2. The molecule has 7 nitrogen and oxygen atoms in total.